The highest BCUT2D eigenvalue weighted by atomic mass is 32.1. The number of carboxylic acids is 1. The lowest BCUT2D eigenvalue weighted by molar-refractivity contribution is -0.384. The number of ether oxygens (including phenoxy) is 1. The van der Waals surface area contributed by atoms with Gasteiger partial charge in [0.05, 0.1) is 10.5 Å². The first kappa shape index (κ1) is 28.7. The quantitative estimate of drug-likeness (QED) is 0.130. The van der Waals surface area contributed by atoms with Gasteiger partial charge in [0.1, 0.15) is 16.6 Å². The molecule has 0 spiro atoms. The number of halogens is 2. The smallest absolute Gasteiger partial charge is 0.347 e. The lowest BCUT2D eigenvalue weighted by Crippen LogP contribution is -2.26. The number of non-ortho nitro benzene ring substituents is 1. The number of thiophene rings is 1. The Morgan fingerprint density at radius 2 is 1.74 bits per heavy atom. The molecule has 1 fully saturated rings. The zero-order valence-electron chi connectivity index (χ0n) is 21.2. The normalized spacial score (nSPS) is 13.8. The molecule has 2 aromatic carbocycles. The number of hydrogen-bond acceptors (Lipinski definition) is 7. The summed E-state index contributed by atoms with van der Waals surface area (Å²) in [6.07, 6.45) is 2.47. The summed E-state index contributed by atoms with van der Waals surface area (Å²) >= 11 is 1.21. The van der Waals surface area contributed by atoms with E-state index in [0.717, 1.165) is 19.3 Å². The molecule has 1 saturated heterocycles. The molecule has 8 nitrogen and oxygen atoms in total. The van der Waals surface area contributed by atoms with Crippen LogP contribution in [0.1, 0.15) is 54.6 Å². The second-order valence-corrected chi connectivity index (χ2v) is 9.75. The number of rotatable bonds is 10. The SMILES string of the molecule is CC1OC1=O.CCCCCN(Cc1c(F)cccc1F)c1sc(-c2ccc([N+](=O)[O-])cc2)c(C)c1C(=O)O. The van der Waals surface area contributed by atoms with Crippen molar-refractivity contribution < 1.29 is 33.1 Å². The number of nitro benzene ring substituents is 1. The van der Waals surface area contributed by atoms with Crippen LogP contribution in [0.5, 0.6) is 0 Å². The van der Waals surface area contributed by atoms with Crippen molar-refractivity contribution in [3.05, 3.63) is 80.9 Å². The molecular weight excluding hydrogens is 518 g/mol. The first-order chi connectivity index (χ1) is 18.0. The van der Waals surface area contributed by atoms with Crippen molar-refractivity contribution in [2.24, 2.45) is 0 Å². The van der Waals surface area contributed by atoms with Gasteiger partial charge < -0.3 is 14.7 Å². The highest BCUT2D eigenvalue weighted by Gasteiger charge is 2.31. The van der Waals surface area contributed by atoms with E-state index in [1.807, 2.05) is 6.92 Å². The predicted octanol–water partition coefficient (Wildman–Crippen LogP) is 6.74. The second-order valence-electron chi connectivity index (χ2n) is 8.75. The van der Waals surface area contributed by atoms with E-state index in [1.165, 1.54) is 41.7 Å². The summed E-state index contributed by atoms with van der Waals surface area (Å²) in [5.41, 5.74) is 1.03. The van der Waals surface area contributed by atoms with Crippen molar-refractivity contribution in [1.29, 1.82) is 0 Å². The van der Waals surface area contributed by atoms with Gasteiger partial charge in [-0.05, 0) is 55.7 Å². The molecule has 1 atom stereocenters. The van der Waals surface area contributed by atoms with E-state index in [9.17, 15) is 33.6 Å². The van der Waals surface area contributed by atoms with Crippen LogP contribution >= 0.6 is 11.3 Å². The van der Waals surface area contributed by atoms with Gasteiger partial charge in [0, 0.05) is 35.7 Å². The molecule has 202 valence electrons. The van der Waals surface area contributed by atoms with Gasteiger partial charge in [-0.25, -0.2) is 18.4 Å². The molecule has 2 heterocycles. The molecule has 1 aliphatic rings. The number of anilines is 1. The van der Waals surface area contributed by atoms with E-state index in [2.05, 4.69) is 4.74 Å². The fraction of sp³-hybridized carbons (Fsp3) is 0.333. The molecule has 0 radical (unpaired) electrons. The van der Waals surface area contributed by atoms with Gasteiger partial charge in [0.2, 0.25) is 0 Å². The molecule has 0 saturated carbocycles. The topological polar surface area (TPSA) is 113 Å². The Balaban J connectivity index is 0.000000715. The van der Waals surface area contributed by atoms with E-state index in [1.54, 1.807) is 30.9 Å². The molecule has 0 aliphatic carbocycles. The number of hydrogen-bond donors (Lipinski definition) is 1. The van der Waals surface area contributed by atoms with Crippen LogP contribution in [0.25, 0.3) is 10.4 Å². The van der Waals surface area contributed by atoms with E-state index in [-0.39, 0.29) is 35.4 Å². The van der Waals surface area contributed by atoms with Crippen LogP contribution in [0.2, 0.25) is 0 Å². The average Bonchev–Trinajstić information content (AvgIpc) is 3.40. The number of carboxylic acid groups (broad SMARTS) is 1. The van der Waals surface area contributed by atoms with Gasteiger partial charge in [0.25, 0.3) is 5.69 Å². The predicted molar refractivity (Wildman–Crippen MR) is 141 cm³/mol. The lowest BCUT2D eigenvalue weighted by Gasteiger charge is -2.25. The second kappa shape index (κ2) is 12.6. The van der Waals surface area contributed by atoms with Gasteiger partial charge in [-0.2, -0.15) is 0 Å². The minimum absolute atomic E-state index is 0.0668. The molecule has 1 aromatic heterocycles. The maximum absolute atomic E-state index is 14.4. The minimum Gasteiger partial charge on any atom is -0.478 e. The Bertz CT molecular complexity index is 1310. The third-order valence-electron chi connectivity index (χ3n) is 5.98. The van der Waals surface area contributed by atoms with E-state index in [0.29, 0.717) is 27.5 Å². The number of unbranched alkanes of at least 4 members (excludes halogenated alkanes) is 2. The first-order valence-corrected chi connectivity index (χ1v) is 12.9. The van der Waals surface area contributed by atoms with Crippen molar-refractivity contribution >= 4 is 34.0 Å². The molecule has 1 N–H and O–H groups in total. The van der Waals surface area contributed by atoms with Gasteiger partial charge >= 0.3 is 11.9 Å². The summed E-state index contributed by atoms with van der Waals surface area (Å²) in [5, 5.41) is 21.3. The summed E-state index contributed by atoms with van der Waals surface area (Å²) in [6, 6.07) is 9.53. The molecule has 0 amide bonds. The third-order valence-corrected chi connectivity index (χ3v) is 7.38. The number of cyclic esters (lactones) is 1. The van der Waals surface area contributed by atoms with Crippen molar-refractivity contribution in [2.45, 2.75) is 52.7 Å². The fourth-order valence-corrected chi connectivity index (χ4v) is 5.13. The monoisotopic (exact) mass is 546 g/mol. The Morgan fingerprint density at radius 3 is 2.21 bits per heavy atom. The van der Waals surface area contributed by atoms with Crippen LogP contribution in [0.4, 0.5) is 19.5 Å². The van der Waals surface area contributed by atoms with E-state index in [4.69, 9.17) is 0 Å². The molecule has 0 bridgehead atoms. The Morgan fingerprint density at radius 1 is 1.16 bits per heavy atom. The molecule has 3 aromatic rings. The van der Waals surface area contributed by atoms with Crippen LogP contribution in [0.15, 0.2) is 42.5 Å². The number of nitro groups is 1. The first-order valence-electron chi connectivity index (χ1n) is 12.0. The summed E-state index contributed by atoms with van der Waals surface area (Å²) in [7, 11) is 0. The summed E-state index contributed by atoms with van der Waals surface area (Å²) in [5.74, 6) is -2.58. The van der Waals surface area contributed by atoms with Crippen molar-refractivity contribution in [1.82, 2.24) is 0 Å². The molecule has 11 heteroatoms. The van der Waals surface area contributed by atoms with Crippen molar-refractivity contribution in [2.75, 3.05) is 11.4 Å². The standard InChI is InChI=1S/C24H24F2N2O4S.C3H4O2/c1-3-4-5-13-27(14-18-19(25)7-6-8-20(18)26)23-21(24(29)30)15(2)22(33-23)16-9-11-17(12-10-16)28(31)32;1-2-3(4)5-2/h6-12H,3-5,13-14H2,1-2H3,(H,29,30);2H,1H3. The summed E-state index contributed by atoms with van der Waals surface area (Å²) < 4.78 is 33.1. The molecule has 1 aliphatic heterocycles. The van der Waals surface area contributed by atoms with Gasteiger partial charge in [0.15, 0.2) is 6.10 Å². The zero-order valence-corrected chi connectivity index (χ0v) is 22.0. The molecule has 4 rings (SSSR count). The van der Waals surface area contributed by atoms with Crippen molar-refractivity contribution in [3.63, 3.8) is 0 Å². The maximum atomic E-state index is 14.4. The number of aromatic carboxylic acids is 1. The summed E-state index contributed by atoms with van der Waals surface area (Å²) in [6.45, 7) is 5.76. The average molecular weight is 547 g/mol. The van der Waals surface area contributed by atoms with Crippen LogP contribution in [-0.4, -0.2) is 34.6 Å². The number of nitrogens with zero attached hydrogens (tertiary/aromatic N) is 2. The van der Waals surface area contributed by atoms with Crippen LogP contribution in [0.3, 0.4) is 0 Å². The summed E-state index contributed by atoms with van der Waals surface area (Å²) in [4.78, 5) is 34.7. The number of epoxide rings is 1. The Labute approximate surface area is 222 Å². The highest BCUT2D eigenvalue weighted by molar-refractivity contribution is 7.20. The molecule has 1 unspecified atom stereocenters. The Hall–Kier alpha value is -3.86. The highest BCUT2D eigenvalue weighted by Crippen LogP contribution is 2.43. The van der Waals surface area contributed by atoms with E-state index < -0.39 is 22.5 Å². The zero-order chi connectivity index (χ0) is 28.0. The Kier molecular flexibility index (Phi) is 9.51. The van der Waals surface area contributed by atoms with Crippen LogP contribution in [-0.2, 0) is 16.1 Å². The number of carbonyl (C=O) groups is 2. The number of benzene rings is 2. The van der Waals surface area contributed by atoms with Crippen molar-refractivity contribution in [3.8, 4) is 10.4 Å². The van der Waals surface area contributed by atoms with Gasteiger partial charge in [-0.15, -0.1) is 11.3 Å². The van der Waals surface area contributed by atoms with E-state index >= 15 is 0 Å². The van der Waals surface area contributed by atoms with Crippen LogP contribution < -0.4 is 4.90 Å². The largest absolute Gasteiger partial charge is 0.478 e. The molecular formula is C27H28F2N2O6S. The minimum atomic E-state index is -1.14. The fourth-order valence-electron chi connectivity index (χ4n) is 3.80. The molecule has 38 heavy (non-hydrogen) atoms. The maximum Gasteiger partial charge on any atom is 0.347 e. The van der Waals surface area contributed by atoms with Crippen LogP contribution in [0, 0.1) is 28.7 Å². The lowest BCUT2D eigenvalue weighted by atomic mass is 10.1. The third kappa shape index (κ3) is 6.91. The van der Waals surface area contributed by atoms with Gasteiger partial charge in [-0.1, -0.05) is 25.8 Å². The van der Waals surface area contributed by atoms with Gasteiger partial charge in [-0.3, -0.25) is 10.1 Å². The number of carbonyl (C=O) groups excluding carboxylic acids is 1.